The molecule has 2 amide bonds. The number of likely N-dealkylation sites (N-methyl/N-ethyl adjacent to an activating group) is 1. The van der Waals surface area contributed by atoms with Crippen molar-refractivity contribution < 1.29 is 28.7 Å². The molecule has 0 fully saturated rings. The van der Waals surface area contributed by atoms with Crippen molar-refractivity contribution in [3.05, 3.63) is 71.9 Å². The maximum atomic E-state index is 11.6. The molecule has 0 aliphatic rings. The van der Waals surface area contributed by atoms with Gasteiger partial charge in [-0.15, -0.1) is 0 Å². The Morgan fingerprint density at radius 1 is 1.02 bits per heavy atom. The van der Waals surface area contributed by atoms with Gasteiger partial charge in [0.2, 0.25) is 5.91 Å². The minimum absolute atomic E-state index is 0.0201. The summed E-state index contributed by atoms with van der Waals surface area (Å²) in [5.41, 5.74) is 13.2. The SMILES string of the molecule is CC.CC(C)(C)OC(=O)NCC(=O)NC(C=O)CCCN=C(N)N.CN[C@@H](Cc1c[nH]c2ccccc12)C(=O)OC.Cc1ccccc1. The van der Waals surface area contributed by atoms with Gasteiger partial charge in [0.1, 0.15) is 24.5 Å². The van der Waals surface area contributed by atoms with Gasteiger partial charge in [0.25, 0.3) is 0 Å². The van der Waals surface area contributed by atoms with Gasteiger partial charge in [-0.2, -0.15) is 0 Å². The average molecular weight is 670 g/mol. The monoisotopic (exact) mass is 669 g/mol. The Morgan fingerprint density at radius 3 is 2.17 bits per heavy atom. The zero-order valence-corrected chi connectivity index (χ0v) is 29.6. The Bertz CT molecular complexity index is 1380. The molecule has 0 saturated heterocycles. The number of rotatable bonds is 12. The molecule has 1 unspecified atom stereocenters. The van der Waals surface area contributed by atoms with Crippen molar-refractivity contribution in [3.8, 4) is 0 Å². The number of nitrogens with one attached hydrogen (secondary N) is 4. The van der Waals surface area contributed by atoms with Gasteiger partial charge in [-0.25, -0.2) is 4.79 Å². The van der Waals surface area contributed by atoms with E-state index < -0.39 is 23.6 Å². The van der Waals surface area contributed by atoms with E-state index in [1.165, 1.54) is 12.7 Å². The van der Waals surface area contributed by atoms with Crippen LogP contribution in [0, 0.1) is 6.92 Å². The molecule has 2 aromatic carbocycles. The number of aromatic amines is 1. The molecular weight excluding hydrogens is 614 g/mol. The van der Waals surface area contributed by atoms with Crippen molar-refractivity contribution >= 4 is 41.1 Å². The van der Waals surface area contributed by atoms with Gasteiger partial charge in [0.15, 0.2) is 5.96 Å². The van der Waals surface area contributed by atoms with Gasteiger partial charge in [-0.1, -0.05) is 67.9 Å². The number of guanidine groups is 1. The molecule has 48 heavy (non-hydrogen) atoms. The van der Waals surface area contributed by atoms with Crippen molar-refractivity contribution in [1.29, 1.82) is 0 Å². The predicted octanol–water partition coefficient (Wildman–Crippen LogP) is 3.74. The molecule has 0 aliphatic heterocycles. The highest BCUT2D eigenvalue weighted by molar-refractivity contribution is 5.85. The number of hydrogen-bond acceptors (Lipinski definition) is 8. The lowest BCUT2D eigenvalue weighted by Crippen LogP contribution is -2.43. The Morgan fingerprint density at radius 2 is 1.65 bits per heavy atom. The van der Waals surface area contributed by atoms with Crippen molar-refractivity contribution in [3.63, 3.8) is 0 Å². The highest BCUT2D eigenvalue weighted by Crippen LogP contribution is 2.19. The molecule has 0 saturated carbocycles. The summed E-state index contributed by atoms with van der Waals surface area (Å²) in [7, 11) is 3.17. The lowest BCUT2D eigenvalue weighted by atomic mass is 10.1. The first-order chi connectivity index (χ1) is 22.8. The van der Waals surface area contributed by atoms with Crippen LogP contribution in [0.15, 0.2) is 65.8 Å². The van der Waals surface area contributed by atoms with Gasteiger partial charge in [-0.3, -0.25) is 14.6 Å². The number of fused-ring (bicyclic) bond motifs is 1. The van der Waals surface area contributed by atoms with Crippen LogP contribution in [0.2, 0.25) is 0 Å². The molecule has 0 radical (unpaired) electrons. The van der Waals surface area contributed by atoms with Crippen LogP contribution in [0.1, 0.15) is 58.6 Å². The standard InChI is InChI=1S/C13H25N5O4.C13H16N2O2.C7H8.C2H6/c1-13(2,3)22-12(21)17-7-10(20)18-9(8-19)5-4-6-16-11(14)15;1-14-12(13(16)17-2)7-9-8-15-11-6-4-3-5-10(9)11;1-7-5-3-2-4-6-7;1-2/h8-9H,4-7H2,1-3H3,(H,17,21)(H,18,20)(H4,14,15,16);3-6,8,12,14-15H,7H2,1-2H3;2-6H,1H3;1-2H3/t;12-;;/m.0../s1. The van der Waals surface area contributed by atoms with E-state index in [4.69, 9.17) is 20.9 Å². The third-order valence-electron chi connectivity index (χ3n) is 6.14. The van der Waals surface area contributed by atoms with E-state index in [9.17, 15) is 19.2 Å². The molecule has 1 heterocycles. The van der Waals surface area contributed by atoms with Crippen molar-refractivity contribution in [1.82, 2.24) is 20.9 Å². The number of aliphatic imine (C=N–C) groups is 1. The van der Waals surface area contributed by atoms with Gasteiger partial charge in [-0.05, 0) is 59.2 Å². The lowest BCUT2D eigenvalue weighted by molar-refractivity contribution is -0.142. The fourth-order valence-electron chi connectivity index (χ4n) is 3.92. The predicted molar refractivity (Wildman–Crippen MR) is 192 cm³/mol. The van der Waals surface area contributed by atoms with Gasteiger partial charge >= 0.3 is 12.1 Å². The maximum Gasteiger partial charge on any atom is 0.408 e. The summed E-state index contributed by atoms with van der Waals surface area (Å²) in [4.78, 5) is 52.3. The summed E-state index contributed by atoms with van der Waals surface area (Å²) in [6.45, 7) is 11.3. The first-order valence-electron chi connectivity index (χ1n) is 15.9. The molecule has 3 aromatic rings. The Balaban J connectivity index is 0.000000743. The Kier molecular flexibility index (Phi) is 21.8. The summed E-state index contributed by atoms with van der Waals surface area (Å²) in [5.74, 6) is -0.740. The second-order valence-electron chi connectivity index (χ2n) is 11.2. The molecule has 3 rings (SSSR count). The molecular formula is C35H55N7O6. The van der Waals surface area contributed by atoms with Gasteiger partial charge in [0.05, 0.1) is 13.2 Å². The maximum absolute atomic E-state index is 11.6. The highest BCUT2D eigenvalue weighted by atomic mass is 16.6. The van der Waals surface area contributed by atoms with Crippen molar-refractivity contribution in [2.75, 3.05) is 27.2 Å². The lowest BCUT2D eigenvalue weighted by Gasteiger charge is -2.19. The summed E-state index contributed by atoms with van der Waals surface area (Å²) in [5, 5.41) is 8.91. The van der Waals surface area contributed by atoms with E-state index in [0.717, 1.165) is 16.5 Å². The van der Waals surface area contributed by atoms with E-state index in [2.05, 4.69) is 45.0 Å². The number of ether oxygens (including phenoxy) is 2. The minimum Gasteiger partial charge on any atom is -0.468 e. The molecule has 13 nitrogen and oxygen atoms in total. The number of alkyl carbamates (subject to hydrolysis) is 1. The third kappa shape index (κ3) is 19.6. The van der Waals surface area contributed by atoms with Crippen LogP contribution < -0.4 is 27.4 Å². The molecule has 0 aliphatic carbocycles. The molecule has 0 spiro atoms. The first kappa shape index (κ1) is 43.1. The van der Waals surface area contributed by atoms with Crippen LogP contribution >= 0.6 is 0 Å². The fraction of sp³-hybridized carbons (Fsp3) is 0.457. The second-order valence-corrected chi connectivity index (χ2v) is 11.2. The van der Waals surface area contributed by atoms with Crippen LogP contribution in [-0.2, 0) is 30.3 Å². The van der Waals surface area contributed by atoms with E-state index in [1.807, 2.05) is 62.5 Å². The van der Waals surface area contributed by atoms with E-state index in [1.54, 1.807) is 27.8 Å². The molecule has 0 bridgehead atoms. The van der Waals surface area contributed by atoms with Crippen LogP contribution in [0.25, 0.3) is 10.9 Å². The number of nitrogens with zero attached hydrogens (tertiary/aromatic N) is 1. The summed E-state index contributed by atoms with van der Waals surface area (Å²) >= 11 is 0. The highest BCUT2D eigenvalue weighted by Gasteiger charge is 2.19. The van der Waals surface area contributed by atoms with Crippen LogP contribution in [-0.4, -0.2) is 80.1 Å². The number of hydrogen-bond donors (Lipinski definition) is 6. The van der Waals surface area contributed by atoms with Crippen molar-refractivity contribution in [2.45, 2.75) is 78.5 Å². The van der Waals surface area contributed by atoms with E-state index >= 15 is 0 Å². The molecule has 1 aromatic heterocycles. The Labute approximate surface area is 284 Å². The normalized spacial score (nSPS) is 11.3. The number of methoxy groups -OCH3 is 1. The van der Waals surface area contributed by atoms with Crippen LogP contribution in [0.4, 0.5) is 4.79 Å². The van der Waals surface area contributed by atoms with Crippen LogP contribution in [0.5, 0.6) is 0 Å². The third-order valence-corrected chi connectivity index (χ3v) is 6.14. The number of nitrogens with two attached hydrogens (primary N) is 2. The van der Waals surface area contributed by atoms with Gasteiger partial charge < -0.3 is 46.7 Å². The quantitative estimate of drug-likeness (QED) is 0.0546. The summed E-state index contributed by atoms with van der Waals surface area (Å²) in [6.07, 6.45) is 3.43. The first-order valence-corrected chi connectivity index (χ1v) is 15.9. The second kappa shape index (κ2) is 24.3. The van der Waals surface area contributed by atoms with Crippen LogP contribution in [0.3, 0.4) is 0 Å². The van der Waals surface area contributed by atoms with Gasteiger partial charge in [0, 0.05) is 30.1 Å². The summed E-state index contributed by atoms with van der Waals surface area (Å²) in [6, 6.07) is 17.3. The number of aryl methyl sites for hydroxylation is 1. The molecule has 266 valence electrons. The zero-order chi connectivity index (χ0) is 36.5. The topological polar surface area (TPSA) is 203 Å². The number of esters is 1. The Hall–Kier alpha value is -4.91. The number of carbonyl (C=O) groups is 4. The number of para-hydroxylation sites is 1. The van der Waals surface area contributed by atoms with Crippen molar-refractivity contribution in [2.24, 2.45) is 16.5 Å². The number of H-pyrrole nitrogens is 1. The smallest absolute Gasteiger partial charge is 0.408 e. The average Bonchev–Trinajstić information content (AvgIpc) is 3.47. The molecule has 8 N–H and O–H groups in total. The van der Waals surface area contributed by atoms with E-state index in [0.29, 0.717) is 32.1 Å². The summed E-state index contributed by atoms with van der Waals surface area (Å²) < 4.78 is 9.74. The number of aldehydes is 1. The fourth-order valence-corrected chi connectivity index (χ4v) is 3.92. The molecule has 2 atom stereocenters. The number of carbonyl (C=O) groups excluding carboxylic acids is 4. The number of benzene rings is 2. The number of amides is 2. The minimum atomic E-state index is -0.696. The largest absolute Gasteiger partial charge is 0.468 e. The molecule has 13 heteroatoms. The van der Waals surface area contributed by atoms with E-state index in [-0.39, 0.29) is 24.5 Å². The number of aromatic nitrogens is 1. The zero-order valence-electron chi connectivity index (χ0n) is 29.6.